The summed E-state index contributed by atoms with van der Waals surface area (Å²) in [7, 11) is 3.03. The number of aromatic nitrogens is 1. The standard InChI is InChI=1S/C20H17F3N2O4/c1-27-15-6-12(7-16(9-15)28-2)11-24-19(26)17-10-18(29-25-17)13-4-3-5-14(8-13)20(21,22)23/h3-10H,11H2,1-2H3,(H,24,26). The fraction of sp³-hybridized carbons (Fsp3) is 0.200. The number of amides is 1. The van der Waals surface area contributed by atoms with Crippen molar-refractivity contribution in [1.82, 2.24) is 10.5 Å². The first kappa shape index (κ1) is 20.2. The smallest absolute Gasteiger partial charge is 0.416 e. The highest BCUT2D eigenvalue weighted by Gasteiger charge is 2.30. The van der Waals surface area contributed by atoms with Crippen molar-refractivity contribution in [1.29, 1.82) is 0 Å². The maximum absolute atomic E-state index is 12.9. The number of rotatable bonds is 6. The summed E-state index contributed by atoms with van der Waals surface area (Å²) in [6.07, 6.45) is -4.48. The molecule has 1 amide bonds. The molecule has 0 atom stereocenters. The summed E-state index contributed by atoms with van der Waals surface area (Å²) < 4.78 is 54.0. The minimum absolute atomic E-state index is 0.0488. The van der Waals surface area contributed by atoms with Crippen molar-refractivity contribution in [2.45, 2.75) is 12.7 Å². The van der Waals surface area contributed by atoms with Gasteiger partial charge in [-0.3, -0.25) is 4.79 Å². The van der Waals surface area contributed by atoms with Gasteiger partial charge >= 0.3 is 6.18 Å². The Bertz CT molecular complexity index is 993. The number of hydrogen-bond acceptors (Lipinski definition) is 5. The normalized spacial score (nSPS) is 11.2. The van der Waals surface area contributed by atoms with E-state index in [1.165, 1.54) is 32.4 Å². The van der Waals surface area contributed by atoms with Gasteiger partial charge in [0.15, 0.2) is 11.5 Å². The van der Waals surface area contributed by atoms with E-state index in [1.54, 1.807) is 18.2 Å². The van der Waals surface area contributed by atoms with E-state index in [0.717, 1.165) is 17.7 Å². The van der Waals surface area contributed by atoms with E-state index in [9.17, 15) is 18.0 Å². The lowest BCUT2D eigenvalue weighted by molar-refractivity contribution is -0.137. The first-order valence-corrected chi connectivity index (χ1v) is 8.44. The molecule has 1 aromatic heterocycles. The molecule has 152 valence electrons. The Morgan fingerprint density at radius 3 is 2.38 bits per heavy atom. The number of benzene rings is 2. The van der Waals surface area contributed by atoms with Crippen LogP contribution in [0.3, 0.4) is 0 Å². The van der Waals surface area contributed by atoms with Crippen LogP contribution in [0.2, 0.25) is 0 Å². The lowest BCUT2D eigenvalue weighted by atomic mass is 10.1. The summed E-state index contributed by atoms with van der Waals surface area (Å²) in [5, 5.41) is 6.31. The molecule has 3 rings (SSSR count). The van der Waals surface area contributed by atoms with E-state index in [0.29, 0.717) is 11.5 Å². The molecular formula is C20H17F3N2O4. The van der Waals surface area contributed by atoms with E-state index < -0.39 is 17.6 Å². The van der Waals surface area contributed by atoms with Crippen LogP contribution in [0.1, 0.15) is 21.6 Å². The number of carbonyl (C=O) groups excluding carboxylic acids is 1. The second kappa shape index (κ2) is 8.26. The predicted molar refractivity (Wildman–Crippen MR) is 97.7 cm³/mol. The van der Waals surface area contributed by atoms with Crippen LogP contribution in [0, 0.1) is 0 Å². The molecule has 0 saturated carbocycles. The topological polar surface area (TPSA) is 73.6 Å². The number of hydrogen-bond donors (Lipinski definition) is 1. The number of ether oxygens (including phenoxy) is 2. The van der Waals surface area contributed by atoms with Gasteiger partial charge in [0.25, 0.3) is 5.91 Å². The van der Waals surface area contributed by atoms with Crippen LogP contribution in [-0.2, 0) is 12.7 Å². The number of nitrogens with zero attached hydrogens (tertiary/aromatic N) is 1. The fourth-order valence-corrected chi connectivity index (χ4v) is 2.61. The van der Waals surface area contributed by atoms with Gasteiger partial charge in [-0.05, 0) is 29.8 Å². The van der Waals surface area contributed by atoms with Crippen molar-refractivity contribution in [2.24, 2.45) is 0 Å². The third-order valence-electron chi connectivity index (χ3n) is 4.08. The van der Waals surface area contributed by atoms with Crippen LogP contribution in [-0.4, -0.2) is 25.3 Å². The monoisotopic (exact) mass is 406 g/mol. The highest BCUT2D eigenvalue weighted by Crippen LogP contribution is 2.32. The second-order valence-electron chi connectivity index (χ2n) is 6.06. The third-order valence-corrected chi connectivity index (χ3v) is 4.08. The van der Waals surface area contributed by atoms with Crippen LogP contribution < -0.4 is 14.8 Å². The molecule has 0 bridgehead atoms. The molecule has 1 N–H and O–H groups in total. The van der Waals surface area contributed by atoms with E-state index in [2.05, 4.69) is 10.5 Å². The minimum atomic E-state index is -4.48. The molecule has 2 aromatic carbocycles. The molecular weight excluding hydrogens is 389 g/mol. The SMILES string of the molecule is COc1cc(CNC(=O)c2cc(-c3cccc(C(F)(F)F)c3)on2)cc(OC)c1. The van der Waals surface area contributed by atoms with Crippen molar-refractivity contribution in [2.75, 3.05) is 14.2 Å². The lowest BCUT2D eigenvalue weighted by Gasteiger charge is -2.09. The van der Waals surface area contributed by atoms with Gasteiger partial charge in [0.05, 0.1) is 19.8 Å². The molecule has 9 heteroatoms. The third kappa shape index (κ3) is 4.87. The van der Waals surface area contributed by atoms with E-state index in [1.807, 2.05) is 0 Å². The number of carbonyl (C=O) groups is 1. The van der Waals surface area contributed by atoms with Crippen LogP contribution in [0.5, 0.6) is 11.5 Å². The van der Waals surface area contributed by atoms with Crippen molar-refractivity contribution >= 4 is 5.91 Å². The van der Waals surface area contributed by atoms with Gasteiger partial charge in [0.1, 0.15) is 11.5 Å². The minimum Gasteiger partial charge on any atom is -0.497 e. The molecule has 0 aliphatic heterocycles. The lowest BCUT2D eigenvalue weighted by Crippen LogP contribution is -2.23. The van der Waals surface area contributed by atoms with Crippen molar-refractivity contribution in [3.63, 3.8) is 0 Å². The Balaban J connectivity index is 1.72. The molecule has 3 aromatic rings. The maximum Gasteiger partial charge on any atom is 0.416 e. The average molecular weight is 406 g/mol. The molecule has 0 aliphatic carbocycles. The van der Waals surface area contributed by atoms with Gasteiger partial charge in [-0.2, -0.15) is 13.2 Å². The second-order valence-corrected chi connectivity index (χ2v) is 6.06. The summed E-state index contributed by atoms with van der Waals surface area (Å²) in [6, 6.07) is 11.1. The highest BCUT2D eigenvalue weighted by atomic mass is 19.4. The zero-order chi connectivity index (χ0) is 21.0. The summed E-state index contributed by atoms with van der Waals surface area (Å²) >= 11 is 0. The molecule has 6 nitrogen and oxygen atoms in total. The molecule has 0 unspecified atom stereocenters. The molecule has 0 spiro atoms. The van der Waals surface area contributed by atoms with Crippen LogP contribution >= 0.6 is 0 Å². The first-order valence-electron chi connectivity index (χ1n) is 8.44. The summed E-state index contributed by atoms with van der Waals surface area (Å²) in [5.74, 6) is 0.668. The van der Waals surface area contributed by atoms with Crippen LogP contribution in [0.15, 0.2) is 53.1 Å². The quantitative estimate of drug-likeness (QED) is 0.661. The van der Waals surface area contributed by atoms with Gasteiger partial charge in [-0.15, -0.1) is 0 Å². The van der Waals surface area contributed by atoms with Crippen molar-refractivity contribution in [3.05, 3.63) is 65.4 Å². The van der Waals surface area contributed by atoms with E-state index >= 15 is 0 Å². The number of methoxy groups -OCH3 is 2. The molecule has 1 heterocycles. The molecule has 0 radical (unpaired) electrons. The van der Waals surface area contributed by atoms with Gasteiger partial charge in [-0.1, -0.05) is 17.3 Å². The number of alkyl halides is 3. The van der Waals surface area contributed by atoms with Crippen molar-refractivity contribution in [3.8, 4) is 22.8 Å². The largest absolute Gasteiger partial charge is 0.497 e. The Morgan fingerprint density at radius 1 is 1.07 bits per heavy atom. The summed E-state index contributed by atoms with van der Waals surface area (Å²) in [6.45, 7) is 0.165. The molecule has 0 saturated heterocycles. The van der Waals surface area contributed by atoms with Crippen LogP contribution in [0.25, 0.3) is 11.3 Å². The van der Waals surface area contributed by atoms with Gasteiger partial charge in [0.2, 0.25) is 0 Å². The zero-order valence-electron chi connectivity index (χ0n) is 15.5. The molecule has 0 fully saturated rings. The summed E-state index contributed by atoms with van der Waals surface area (Å²) in [5.41, 5.74) is 0.0386. The highest BCUT2D eigenvalue weighted by molar-refractivity contribution is 5.93. The fourth-order valence-electron chi connectivity index (χ4n) is 2.61. The van der Waals surface area contributed by atoms with Crippen molar-refractivity contribution < 1.29 is 32.0 Å². The Morgan fingerprint density at radius 2 is 1.76 bits per heavy atom. The Kier molecular flexibility index (Phi) is 5.76. The molecule has 29 heavy (non-hydrogen) atoms. The zero-order valence-corrected chi connectivity index (χ0v) is 15.5. The number of halogens is 3. The van der Waals surface area contributed by atoms with Gasteiger partial charge < -0.3 is 19.3 Å². The van der Waals surface area contributed by atoms with E-state index in [-0.39, 0.29) is 23.6 Å². The predicted octanol–water partition coefficient (Wildman–Crippen LogP) is 4.31. The molecule has 0 aliphatic rings. The van der Waals surface area contributed by atoms with Gasteiger partial charge in [0, 0.05) is 24.2 Å². The Hall–Kier alpha value is -3.49. The van der Waals surface area contributed by atoms with Gasteiger partial charge in [-0.25, -0.2) is 0 Å². The van der Waals surface area contributed by atoms with E-state index in [4.69, 9.17) is 14.0 Å². The maximum atomic E-state index is 12.9. The Labute approximate surface area is 164 Å². The summed E-state index contributed by atoms with van der Waals surface area (Å²) in [4.78, 5) is 12.3. The van der Waals surface area contributed by atoms with Crippen LogP contribution in [0.4, 0.5) is 13.2 Å². The average Bonchev–Trinajstić information content (AvgIpc) is 3.21. The first-order chi connectivity index (χ1) is 13.8. The number of nitrogens with one attached hydrogen (secondary N) is 1.